The van der Waals surface area contributed by atoms with Crippen molar-refractivity contribution in [2.75, 3.05) is 0 Å². The molecule has 1 aromatic carbocycles. The molecule has 5 nitrogen and oxygen atoms in total. The zero-order valence-corrected chi connectivity index (χ0v) is 10.4. The quantitative estimate of drug-likeness (QED) is 0.765. The molecule has 0 radical (unpaired) electrons. The van der Waals surface area contributed by atoms with E-state index in [1.807, 2.05) is 42.7 Å². The summed E-state index contributed by atoms with van der Waals surface area (Å²) in [5.74, 6) is -0.839. The number of rotatable bonds is 4. The minimum atomic E-state index is -0.839. The summed E-state index contributed by atoms with van der Waals surface area (Å²) in [6.07, 6.45) is 7.75. The Morgan fingerprint density at radius 3 is 1.95 bits per heavy atom. The number of hydrogen-bond acceptors (Lipinski definition) is 3. The van der Waals surface area contributed by atoms with Crippen LogP contribution < -0.4 is 5.73 Å². The van der Waals surface area contributed by atoms with Crippen molar-refractivity contribution < 1.29 is 0 Å². The van der Waals surface area contributed by atoms with E-state index in [0.29, 0.717) is 6.42 Å². The van der Waals surface area contributed by atoms with E-state index in [1.165, 1.54) is 0 Å². The summed E-state index contributed by atoms with van der Waals surface area (Å²) >= 11 is 0. The molecule has 2 N–H and O–H groups in total. The molecule has 0 bridgehead atoms. The van der Waals surface area contributed by atoms with Gasteiger partial charge >= 0.3 is 0 Å². The highest BCUT2D eigenvalue weighted by Gasteiger charge is 2.30. The van der Waals surface area contributed by atoms with Crippen molar-refractivity contribution >= 4 is 0 Å². The molecular formula is C14H15N5. The van der Waals surface area contributed by atoms with Gasteiger partial charge in [-0.3, -0.25) is 5.73 Å². The zero-order chi connectivity index (χ0) is 13.1. The van der Waals surface area contributed by atoms with Crippen LogP contribution in [0.5, 0.6) is 0 Å². The van der Waals surface area contributed by atoms with Gasteiger partial charge in [-0.15, -0.1) is 0 Å². The Bertz CT molecular complexity index is 579. The Balaban J connectivity index is 2.03. The Morgan fingerprint density at radius 1 is 0.895 bits per heavy atom. The van der Waals surface area contributed by atoms with E-state index in [9.17, 15) is 0 Å². The first-order chi connectivity index (χ1) is 9.29. The van der Waals surface area contributed by atoms with Crippen molar-refractivity contribution in [1.29, 1.82) is 0 Å². The van der Waals surface area contributed by atoms with Gasteiger partial charge in [-0.05, 0) is 17.7 Å². The second-order valence-electron chi connectivity index (χ2n) is 4.44. The highest BCUT2D eigenvalue weighted by Crippen LogP contribution is 2.17. The number of hydrogen-bond donors (Lipinski definition) is 1. The fourth-order valence-corrected chi connectivity index (χ4v) is 2.16. The first kappa shape index (κ1) is 11.7. The number of nitrogens with zero attached hydrogens (tertiary/aromatic N) is 4. The molecule has 0 amide bonds. The van der Waals surface area contributed by atoms with Gasteiger partial charge in [-0.25, -0.2) is 9.36 Å². The fraction of sp³-hybridized carbons (Fsp3) is 0.143. The first-order valence-corrected chi connectivity index (χ1v) is 6.12. The number of benzene rings is 1. The standard InChI is InChI=1S/C14H15N5/c15-14(18-10-4-8-16-18,19-11-5-9-17-19)12-13-6-2-1-3-7-13/h1-11H,12,15H2. The van der Waals surface area contributed by atoms with E-state index >= 15 is 0 Å². The maximum absolute atomic E-state index is 6.56. The van der Waals surface area contributed by atoms with Crippen LogP contribution in [0.4, 0.5) is 0 Å². The first-order valence-electron chi connectivity index (χ1n) is 6.12. The van der Waals surface area contributed by atoms with Crippen LogP contribution in [0, 0.1) is 0 Å². The summed E-state index contributed by atoms with van der Waals surface area (Å²) in [5.41, 5.74) is 7.70. The van der Waals surface area contributed by atoms with Gasteiger partial charge in [0, 0.05) is 31.2 Å². The van der Waals surface area contributed by atoms with Crippen molar-refractivity contribution in [1.82, 2.24) is 19.6 Å². The largest absolute Gasteiger partial charge is 0.288 e. The average molecular weight is 253 g/mol. The Kier molecular flexibility index (Phi) is 2.89. The summed E-state index contributed by atoms with van der Waals surface area (Å²) in [7, 11) is 0. The van der Waals surface area contributed by atoms with Crippen LogP contribution >= 0.6 is 0 Å². The summed E-state index contributed by atoms with van der Waals surface area (Å²) in [5, 5.41) is 8.54. The third-order valence-corrected chi connectivity index (χ3v) is 3.11. The van der Waals surface area contributed by atoms with Crippen LogP contribution in [0.3, 0.4) is 0 Å². The van der Waals surface area contributed by atoms with Crippen molar-refractivity contribution in [2.24, 2.45) is 5.73 Å². The molecule has 0 aliphatic rings. The lowest BCUT2D eigenvalue weighted by Gasteiger charge is -2.30. The SMILES string of the molecule is NC(Cc1ccccc1)(n1cccn1)n1cccn1. The Morgan fingerprint density at radius 2 is 1.47 bits per heavy atom. The molecule has 3 aromatic rings. The molecule has 0 saturated heterocycles. The van der Waals surface area contributed by atoms with Gasteiger partial charge in [0.25, 0.3) is 0 Å². The van der Waals surface area contributed by atoms with Crippen LogP contribution in [0.2, 0.25) is 0 Å². The summed E-state index contributed by atoms with van der Waals surface area (Å²) in [6, 6.07) is 13.8. The summed E-state index contributed by atoms with van der Waals surface area (Å²) in [4.78, 5) is 0. The number of nitrogens with two attached hydrogens (primary N) is 1. The van der Waals surface area contributed by atoms with Crippen LogP contribution in [0.25, 0.3) is 0 Å². The molecule has 0 fully saturated rings. The summed E-state index contributed by atoms with van der Waals surface area (Å²) < 4.78 is 3.46. The third kappa shape index (κ3) is 2.15. The second kappa shape index (κ2) is 4.70. The number of aromatic nitrogens is 4. The molecule has 0 atom stereocenters. The lowest BCUT2D eigenvalue weighted by Crippen LogP contribution is -2.52. The van der Waals surface area contributed by atoms with Crippen molar-refractivity contribution in [3.8, 4) is 0 Å². The molecule has 0 saturated carbocycles. The third-order valence-electron chi connectivity index (χ3n) is 3.11. The predicted octanol–water partition coefficient (Wildman–Crippen LogP) is 1.44. The minimum absolute atomic E-state index is 0.608. The molecule has 5 heteroatoms. The molecule has 19 heavy (non-hydrogen) atoms. The highest BCUT2D eigenvalue weighted by atomic mass is 15.5. The van der Waals surface area contributed by atoms with E-state index in [0.717, 1.165) is 5.56 Å². The normalized spacial score (nSPS) is 11.6. The van der Waals surface area contributed by atoms with Gasteiger partial charge in [0.05, 0.1) is 0 Å². The molecule has 3 rings (SSSR count). The molecule has 0 aliphatic heterocycles. The van der Waals surface area contributed by atoms with Crippen LogP contribution in [0.15, 0.2) is 67.3 Å². The van der Waals surface area contributed by atoms with Gasteiger partial charge in [-0.2, -0.15) is 10.2 Å². The van der Waals surface area contributed by atoms with Crippen LogP contribution in [0.1, 0.15) is 5.56 Å². The lowest BCUT2D eigenvalue weighted by atomic mass is 10.1. The monoisotopic (exact) mass is 253 g/mol. The predicted molar refractivity (Wildman–Crippen MR) is 72.2 cm³/mol. The fourth-order valence-electron chi connectivity index (χ4n) is 2.16. The van der Waals surface area contributed by atoms with Crippen LogP contribution in [-0.2, 0) is 12.2 Å². The van der Waals surface area contributed by atoms with E-state index in [1.54, 1.807) is 21.8 Å². The topological polar surface area (TPSA) is 61.7 Å². The van der Waals surface area contributed by atoms with E-state index < -0.39 is 5.79 Å². The molecule has 0 spiro atoms. The summed E-state index contributed by atoms with van der Waals surface area (Å²) in [6.45, 7) is 0. The molecule has 2 heterocycles. The lowest BCUT2D eigenvalue weighted by molar-refractivity contribution is 0.187. The second-order valence-corrected chi connectivity index (χ2v) is 4.44. The Hall–Kier alpha value is -2.40. The maximum atomic E-state index is 6.56. The molecular weight excluding hydrogens is 238 g/mol. The van der Waals surface area contributed by atoms with E-state index in [-0.39, 0.29) is 0 Å². The Labute approximate surface area is 111 Å². The van der Waals surface area contributed by atoms with Gasteiger partial charge in [0.1, 0.15) is 0 Å². The average Bonchev–Trinajstić information content (AvgIpc) is 3.14. The molecule has 0 unspecified atom stereocenters. The van der Waals surface area contributed by atoms with E-state index in [4.69, 9.17) is 5.73 Å². The molecule has 2 aromatic heterocycles. The van der Waals surface area contributed by atoms with E-state index in [2.05, 4.69) is 22.3 Å². The van der Waals surface area contributed by atoms with Gasteiger partial charge < -0.3 is 0 Å². The van der Waals surface area contributed by atoms with Gasteiger partial charge in [0.15, 0.2) is 0 Å². The highest BCUT2D eigenvalue weighted by molar-refractivity contribution is 5.17. The van der Waals surface area contributed by atoms with Crippen molar-refractivity contribution in [3.63, 3.8) is 0 Å². The van der Waals surface area contributed by atoms with Gasteiger partial charge in [-0.1, -0.05) is 30.3 Å². The zero-order valence-electron chi connectivity index (χ0n) is 10.4. The minimum Gasteiger partial charge on any atom is -0.288 e. The van der Waals surface area contributed by atoms with Crippen LogP contribution in [-0.4, -0.2) is 19.6 Å². The maximum Gasteiger partial charge on any atom is 0.209 e. The van der Waals surface area contributed by atoms with Crippen molar-refractivity contribution in [3.05, 3.63) is 72.8 Å². The molecule has 96 valence electrons. The van der Waals surface area contributed by atoms with Crippen molar-refractivity contribution in [2.45, 2.75) is 12.2 Å². The smallest absolute Gasteiger partial charge is 0.209 e. The molecule has 0 aliphatic carbocycles. The van der Waals surface area contributed by atoms with Gasteiger partial charge in [0.2, 0.25) is 5.79 Å².